The van der Waals surface area contributed by atoms with Gasteiger partial charge in [0, 0.05) is 6.54 Å². The summed E-state index contributed by atoms with van der Waals surface area (Å²) in [7, 11) is -3.11. The van der Waals surface area contributed by atoms with Crippen molar-refractivity contribution in [2.45, 2.75) is 18.1 Å². The third kappa shape index (κ3) is 2.40. The Balaban J connectivity index is 2.14. The third-order valence-corrected chi connectivity index (χ3v) is 5.37. The summed E-state index contributed by atoms with van der Waals surface area (Å²) in [5, 5.41) is 2.04. The molecule has 4 nitrogen and oxygen atoms in total. The van der Waals surface area contributed by atoms with E-state index in [9.17, 15) is 17.2 Å². The van der Waals surface area contributed by atoms with Crippen molar-refractivity contribution >= 4 is 21.2 Å². The molecule has 1 aliphatic heterocycles. The first-order valence-electron chi connectivity index (χ1n) is 5.61. The van der Waals surface area contributed by atoms with Crippen LogP contribution in [0.25, 0.3) is 0 Å². The van der Waals surface area contributed by atoms with E-state index in [2.05, 4.69) is 5.32 Å². The Morgan fingerprint density at radius 3 is 2.72 bits per heavy atom. The SMILES string of the molecule is Nc1ccc(F)c(F)c1NCC1CCCS1(=O)=O. The Hall–Kier alpha value is -1.37. The standard InChI is InChI=1S/C11H14F2N2O2S/c12-8-3-4-9(14)11(10(8)13)15-6-7-2-1-5-18(7,16)17/h3-4,7,15H,1-2,5-6,14H2. The van der Waals surface area contributed by atoms with Crippen molar-refractivity contribution in [1.29, 1.82) is 0 Å². The molecular weight excluding hydrogens is 262 g/mol. The predicted octanol–water partition coefficient (Wildman–Crippen LogP) is 1.54. The molecule has 1 fully saturated rings. The second-order valence-corrected chi connectivity index (χ2v) is 6.74. The second kappa shape index (κ2) is 4.72. The van der Waals surface area contributed by atoms with E-state index in [1.54, 1.807) is 0 Å². The molecule has 0 spiro atoms. The van der Waals surface area contributed by atoms with Crippen LogP contribution in [0.3, 0.4) is 0 Å². The lowest BCUT2D eigenvalue weighted by atomic mass is 10.2. The van der Waals surface area contributed by atoms with Crippen LogP contribution in [0.1, 0.15) is 12.8 Å². The summed E-state index contributed by atoms with van der Waals surface area (Å²) in [5.74, 6) is -1.94. The van der Waals surface area contributed by atoms with Gasteiger partial charge in [0.1, 0.15) is 0 Å². The predicted molar refractivity (Wildman–Crippen MR) is 66.1 cm³/mol. The van der Waals surface area contributed by atoms with Crippen LogP contribution in [0.2, 0.25) is 0 Å². The van der Waals surface area contributed by atoms with Gasteiger partial charge in [-0.05, 0) is 25.0 Å². The molecule has 1 aromatic carbocycles. The molecule has 1 heterocycles. The second-order valence-electron chi connectivity index (χ2n) is 4.34. The van der Waals surface area contributed by atoms with E-state index in [0.29, 0.717) is 12.8 Å². The molecular formula is C11H14F2N2O2S. The van der Waals surface area contributed by atoms with Gasteiger partial charge in [0.25, 0.3) is 0 Å². The van der Waals surface area contributed by atoms with E-state index in [0.717, 1.165) is 6.07 Å². The van der Waals surface area contributed by atoms with Crippen LogP contribution in [-0.4, -0.2) is 26.0 Å². The van der Waals surface area contributed by atoms with Gasteiger partial charge in [-0.2, -0.15) is 0 Å². The van der Waals surface area contributed by atoms with E-state index in [1.165, 1.54) is 6.07 Å². The number of hydrogen-bond acceptors (Lipinski definition) is 4. The van der Waals surface area contributed by atoms with Crippen molar-refractivity contribution in [2.24, 2.45) is 0 Å². The fourth-order valence-electron chi connectivity index (χ4n) is 2.05. The number of halogens is 2. The largest absolute Gasteiger partial charge is 0.397 e. The molecule has 1 saturated heterocycles. The quantitative estimate of drug-likeness (QED) is 0.821. The maximum atomic E-state index is 13.5. The van der Waals surface area contributed by atoms with Gasteiger partial charge in [0.05, 0.1) is 22.4 Å². The van der Waals surface area contributed by atoms with E-state index in [1.807, 2.05) is 0 Å². The van der Waals surface area contributed by atoms with Crippen LogP contribution in [-0.2, 0) is 9.84 Å². The maximum absolute atomic E-state index is 13.5. The highest BCUT2D eigenvalue weighted by Gasteiger charge is 2.31. The summed E-state index contributed by atoms with van der Waals surface area (Å²) in [6.45, 7) is 0.0485. The molecule has 100 valence electrons. The molecule has 18 heavy (non-hydrogen) atoms. The Kier molecular flexibility index (Phi) is 3.43. The van der Waals surface area contributed by atoms with Crippen molar-refractivity contribution in [3.05, 3.63) is 23.8 Å². The zero-order chi connectivity index (χ0) is 13.3. The molecule has 1 aromatic rings. The number of nitrogens with two attached hydrogens (primary N) is 1. The first-order chi connectivity index (χ1) is 8.42. The van der Waals surface area contributed by atoms with E-state index >= 15 is 0 Å². The summed E-state index contributed by atoms with van der Waals surface area (Å²) >= 11 is 0. The molecule has 0 radical (unpaired) electrons. The highest BCUT2D eigenvalue weighted by atomic mass is 32.2. The van der Waals surface area contributed by atoms with Crippen LogP contribution < -0.4 is 11.1 Å². The molecule has 2 rings (SSSR count). The average molecular weight is 276 g/mol. The van der Waals surface area contributed by atoms with Gasteiger partial charge >= 0.3 is 0 Å². The molecule has 1 atom stereocenters. The number of sulfone groups is 1. The summed E-state index contributed by atoms with van der Waals surface area (Å²) in [6.07, 6.45) is 1.14. The zero-order valence-electron chi connectivity index (χ0n) is 9.62. The lowest BCUT2D eigenvalue weighted by Gasteiger charge is -2.14. The van der Waals surface area contributed by atoms with Crippen molar-refractivity contribution in [3.8, 4) is 0 Å². The van der Waals surface area contributed by atoms with Crippen LogP contribution in [0, 0.1) is 11.6 Å². The summed E-state index contributed by atoms with van der Waals surface area (Å²) in [5.41, 5.74) is 5.41. The molecule has 1 unspecified atom stereocenters. The molecule has 0 saturated carbocycles. The highest BCUT2D eigenvalue weighted by Crippen LogP contribution is 2.26. The van der Waals surface area contributed by atoms with Gasteiger partial charge in [-0.3, -0.25) is 0 Å². The van der Waals surface area contributed by atoms with E-state index in [-0.39, 0.29) is 23.7 Å². The number of nitrogens with one attached hydrogen (secondary N) is 1. The Morgan fingerprint density at radius 2 is 2.11 bits per heavy atom. The highest BCUT2D eigenvalue weighted by molar-refractivity contribution is 7.92. The van der Waals surface area contributed by atoms with E-state index in [4.69, 9.17) is 5.73 Å². The number of rotatable bonds is 3. The molecule has 1 aliphatic rings. The van der Waals surface area contributed by atoms with Gasteiger partial charge in [-0.25, -0.2) is 17.2 Å². The van der Waals surface area contributed by atoms with Crippen LogP contribution in [0.4, 0.5) is 20.2 Å². The minimum atomic E-state index is -3.11. The lowest BCUT2D eigenvalue weighted by Crippen LogP contribution is -2.25. The van der Waals surface area contributed by atoms with Gasteiger partial charge in [-0.15, -0.1) is 0 Å². The Labute approximate surface area is 104 Å². The van der Waals surface area contributed by atoms with E-state index < -0.39 is 26.7 Å². The zero-order valence-corrected chi connectivity index (χ0v) is 10.4. The number of hydrogen-bond donors (Lipinski definition) is 2. The van der Waals surface area contributed by atoms with Crippen LogP contribution >= 0.6 is 0 Å². The molecule has 0 bridgehead atoms. The summed E-state index contributed by atoms with van der Waals surface area (Å²) in [6, 6.07) is 2.17. The normalized spacial score (nSPS) is 22.0. The molecule has 0 amide bonds. The number of benzene rings is 1. The maximum Gasteiger partial charge on any atom is 0.183 e. The Bertz CT molecular complexity index is 560. The average Bonchev–Trinajstić information content (AvgIpc) is 2.64. The number of anilines is 2. The lowest BCUT2D eigenvalue weighted by molar-refractivity contribution is 0.511. The van der Waals surface area contributed by atoms with Crippen molar-refractivity contribution in [1.82, 2.24) is 0 Å². The van der Waals surface area contributed by atoms with Crippen molar-refractivity contribution in [2.75, 3.05) is 23.3 Å². The number of nitrogen functional groups attached to an aromatic ring is 1. The van der Waals surface area contributed by atoms with Crippen molar-refractivity contribution < 1.29 is 17.2 Å². The molecule has 7 heteroatoms. The van der Waals surface area contributed by atoms with Gasteiger partial charge in [0.15, 0.2) is 21.5 Å². The first kappa shape index (κ1) is 13.1. The summed E-state index contributed by atoms with van der Waals surface area (Å²) in [4.78, 5) is 0. The topological polar surface area (TPSA) is 72.2 Å². The minimum Gasteiger partial charge on any atom is -0.397 e. The molecule has 0 aromatic heterocycles. The monoisotopic (exact) mass is 276 g/mol. The van der Waals surface area contributed by atoms with Gasteiger partial charge in [0.2, 0.25) is 0 Å². The first-order valence-corrected chi connectivity index (χ1v) is 7.32. The van der Waals surface area contributed by atoms with Gasteiger partial charge < -0.3 is 11.1 Å². The minimum absolute atomic E-state index is 0.0485. The summed E-state index contributed by atoms with van der Waals surface area (Å²) < 4.78 is 49.6. The van der Waals surface area contributed by atoms with Crippen LogP contribution in [0.15, 0.2) is 12.1 Å². The smallest absolute Gasteiger partial charge is 0.183 e. The van der Waals surface area contributed by atoms with Crippen molar-refractivity contribution in [3.63, 3.8) is 0 Å². The molecule has 0 aliphatic carbocycles. The fourth-order valence-corrected chi connectivity index (χ4v) is 3.81. The third-order valence-electron chi connectivity index (χ3n) is 3.10. The Morgan fingerprint density at radius 1 is 1.39 bits per heavy atom. The van der Waals surface area contributed by atoms with Crippen LogP contribution in [0.5, 0.6) is 0 Å². The fraction of sp³-hybridized carbons (Fsp3) is 0.455. The van der Waals surface area contributed by atoms with Gasteiger partial charge in [-0.1, -0.05) is 0 Å². The molecule has 3 N–H and O–H groups in total.